The number of ether oxygens (including phenoxy) is 4. The zero-order chi connectivity index (χ0) is 17.9. The highest BCUT2D eigenvalue weighted by Gasteiger charge is 2.50. The van der Waals surface area contributed by atoms with Crippen molar-refractivity contribution in [2.75, 3.05) is 13.7 Å². The van der Waals surface area contributed by atoms with Crippen molar-refractivity contribution in [3.8, 4) is 0 Å². The molecule has 0 unspecified atom stereocenters. The van der Waals surface area contributed by atoms with Gasteiger partial charge >= 0.3 is 0 Å². The molecule has 6 atom stereocenters. The van der Waals surface area contributed by atoms with Crippen LogP contribution in [0.2, 0.25) is 0 Å². The van der Waals surface area contributed by atoms with Crippen LogP contribution in [0.4, 0.5) is 0 Å². The van der Waals surface area contributed by atoms with Gasteiger partial charge in [0.2, 0.25) is 0 Å². The van der Waals surface area contributed by atoms with Gasteiger partial charge in [0.15, 0.2) is 12.6 Å². The lowest BCUT2D eigenvalue weighted by Gasteiger charge is -2.49. The summed E-state index contributed by atoms with van der Waals surface area (Å²) in [6.45, 7) is 0.416. The van der Waals surface area contributed by atoms with Crippen molar-refractivity contribution in [1.82, 2.24) is 5.32 Å². The Morgan fingerprint density at radius 2 is 1.85 bits per heavy atom. The highest BCUT2D eigenvalue weighted by atomic mass is 16.7. The number of nitrogens with one attached hydrogen (secondary N) is 1. The molecule has 3 aliphatic rings. The summed E-state index contributed by atoms with van der Waals surface area (Å²) in [6, 6.07) is 10.1. The number of hydrogen-bond donors (Lipinski definition) is 2. The van der Waals surface area contributed by atoms with Crippen molar-refractivity contribution in [1.29, 1.82) is 0 Å². The highest BCUT2D eigenvalue weighted by molar-refractivity contribution is 5.16. The molecule has 2 heterocycles. The van der Waals surface area contributed by atoms with E-state index < -0.39 is 18.7 Å². The SMILES string of the molecule is CO[C@@H]1O[C@@H]2CO[C@@H](c3ccccc3)O[C@H]2[C@H](NC2CCCCC2)[C@@H]1O. The molecular formula is C20H29NO5. The summed E-state index contributed by atoms with van der Waals surface area (Å²) in [5.41, 5.74) is 0.978. The predicted octanol–water partition coefficient (Wildman–Crippen LogP) is 2.12. The van der Waals surface area contributed by atoms with Gasteiger partial charge in [-0.25, -0.2) is 0 Å². The van der Waals surface area contributed by atoms with Crippen LogP contribution in [0.3, 0.4) is 0 Å². The highest BCUT2D eigenvalue weighted by Crippen LogP contribution is 2.35. The Balaban J connectivity index is 1.51. The molecule has 144 valence electrons. The van der Waals surface area contributed by atoms with Crippen molar-refractivity contribution >= 4 is 0 Å². The summed E-state index contributed by atoms with van der Waals surface area (Å²) in [7, 11) is 1.56. The molecule has 2 saturated heterocycles. The molecule has 4 rings (SSSR count). The van der Waals surface area contributed by atoms with Gasteiger partial charge in [0.05, 0.1) is 12.6 Å². The van der Waals surface area contributed by atoms with E-state index in [1.807, 2.05) is 30.3 Å². The summed E-state index contributed by atoms with van der Waals surface area (Å²) in [6.07, 6.45) is 3.60. The minimum Gasteiger partial charge on any atom is -0.386 e. The van der Waals surface area contributed by atoms with E-state index in [1.165, 1.54) is 19.3 Å². The lowest BCUT2D eigenvalue weighted by atomic mass is 9.90. The molecule has 6 nitrogen and oxygen atoms in total. The molecule has 1 aromatic carbocycles. The first-order valence-corrected chi connectivity index (χ1v) is 9.70. The predicted molar refractivity (Wildman–Crippen MR) is 95.5 cm³/mol. The molecule has 1 saturated carbocycles. The standard InChI is InChI=1S/C20H29NO5/c1-23-20-17(22)16(21-14-10-6-3-7-11-14)18-15(25-20)12-24-19(26-18)13-8-4-2-5-9-13/h2,4-5,8-9,14-22H,3,6-7,10-12H2,1H3/t15-,16-,17+,18-,19-,20-/m1/s1. The summed E-state index contributed by atoms with van der Waals surface area (Å²) < 4.78 is 23.4. The van der Waals surface area contributed by atoms with Crippen LogP contribution in [0.25, 0.3) is 0 Å². The lowest BCUT2D eigenvalue weighted by molar-refractivity contribution is -0.341. The number of aliphatic hydroxyl groups is 1. The number of methoxy groups -OCH3 is 1. The Hall–Kier alpha value is -1.02. The Morgan fingerprint density at radius 1 is 1.08 bits per heavy atom. The third kappa shape index (κ3) is 3.81. The van der Waals surface area contributed by atoms with E-state index in [-0.39, 0.29) is 18.2 Å². The van der Waals surface area contributed by atoms with Crippen LogP contribution < -0.4 is 5.32 Å². The molecule has 0 bridgehead atoms. The summed E-state index contributed by atoms with van der Waals surface area (Å²) in [4.78, 5) is 0. The van der Waals surface area contributed by atoms with Gasteiger partial charge in [0.1, 0.15) is 18.3 Å². The molecule has 0 spiro atoms. The second-order valence-electron chi connectivity index (χ2n) is 7.47. The van der Waals surface area contributed by atoms with Gasteiger partial charge in [-0.2, -0.15) is 0 Å². The Kier molecular flexibility index (Phi) is 5.88. The molecule has 1 aliphatic carbocycles. The van der Waals surface area contributed by atoms with E-state index in [1.54, 1.807) is 7.11 Å². The van der Waals surface area contributed by atoms with Crippen LogP contribution in [-0.2, 0) is 18.9 Å². The first kappa shape index (κ1) is 18.3. The normalized spacial score (nSPS) is 38.7. The minimum atomic E-state index is -0.780. The fraction of sp³-hybridized carbons (Fsp3) is 0.700. The van der Waals surface area contributed by atoms with Gasteiger partial charge < -0.3 is 29.4 Å². The largest absolute Gasteiger partial charge is 0.386 e. The van der Waals surface area contributed by atoms with Gasteiger partial charge in [0, 0.05) is 18.7 Å². The fourth-order valence-electron chi connectivity index (χ4n) is 4.31. The molecule has 26 heavy (non-hydrogen) atoms. The third-order valence-electron chi connectivity index (χ3n) is 5.71. The molecule has 0 amide bonds. The fourth-order valence-corrected chi connectivity index (χ4v) is 4.31. The van der Waals surface area contributed by atoms with Crippen LogP contribution >= 0.6 is 0 Å². The maximum Gasteiger partial charge on any atom is 0.185 e. The van der Waals surface area contributed by atoms with E-state index in [4.69, 9.17) is 18.9 Å². The number of aliphatic hydroxyl groups excluding tert-OH is 1. The molecule has 0 radical (unpaired) electrons. The van der Waals surface area contributed by atoms with Gasteiger partial charge in [0.25, 0.3) is 0 Å². The van der Waals surface area contributed by atoms with Crippen LogP contribution in [0.1, 0.15) is 44.0 Å². The summed E-state index contributed by atoms with van der Waals surface area (Å²) in [5.74, 6) is 0. The maximum absolute atomic E-state index is 10.8. The van der Waals surface area contributed by atoms with Crippen LogP contribution in [0.5, 0.6) is 0 Å². The molecule has 6 heteroatoms. The van der Waals surface area contributed by atoms with E-state index in [0.717, 1.165) is 18.4 Å². The molecule has 2 N–H and O–H groups in total. The van der Waals surface area contributed by atoms with E-state index in [9.17, 15) is 5.11 Å². The average molecular weight is 363 g/mol. The van der Waals surface area contributed by atoms with Gasteiger partial charge in [-0.3, -0.25) is 0 Å². The second kappa shape index (κ2) is 8.33. The monoisotopic (exact) mass is 363 g/mol. The Morgan fingerprint density at radius 3 is 2.58 bits per heavy atom. The second-order valence-corrected chi connectivity index (χ2v) is 7.47. The van der Waals surface area contributed by atoms with E-state index >= 15 is 0 Å². The van der Waals surface area contributed by atoms with Crippen molar-refractivity contribution in [3.63, 3.8) is 0 Å². The molecule has 2 aliphatic heterocycles. The average Bonchev–Trinajstić information content (AvgIpc) is 2.71. The van der Waals surface area contributed by atoms with Crippen molar-refractivity contribution in [3.05, 3.63) is 35.9 Å². The van der Waals surface area contributed by atoms with Gasteiger partial charge in [-0.15, -0.1) is 0 Å². The maximum atomic E-state index is 10.8. The van der Waals surface area contributed by atoms with E-state index in [2.05, 4.69) is 5.32 Å². The topological polar surface area (TPSA) is 69.2 Å². The first-order chi connectivity index (χ1) is 12.8. The Bertz CT molecular complexity index is 565. The van der Waals surface area contributed by atoms with Crippen molar-refractivity contribution < 1.29 is 24.1 Å². The first-order valence-electron chi connectivity index (χ1n) is 9.70. The summed E-state index contributed by atoms with van der Waals surface area (Å²) >= 11 is 0. The number of benzene rings is 1. The van der Waals surface area contributed by atoms with Gasteiger partial charge in [-0.1, -0.05) is 49.6 Å². The molecule has 0 aromatic heterocycles. The minimum absolute atomic E-state index is 0.239. The number of fused-ring (bicyclic) bond motifs is 1. The number of rotatable bonds is 4. The Labute approximate surface area is 154 Å². The zero-order valence-electron chi connectivity index (χ0n) is 15.3. The third-order valence-corrected chi connectivity index (χ3v) is 5.71. The zero-order valence-corrected chi connectivity index (χ0v) is 15.3. The molecule has 3 fully saturated rings. The lowest BCUT2D eigenvalue weighted by Crippen LogP contribution is -2.67. The van der Waals surface area contributed by atoms with Crippen LogP contribution in [0, 0.1) is 0 Å². The summed E-state index contributed by atoms with van der Waals surface area (Å²) in [5, 5.41) is 14.5. The van der Waals surface area contributed by atoms with Crippen molar-refractivity contribution in [2.24, 2.45) is 0 Å². The molecule has 1 aromatic rings. The van der Waals surface area contributed by atoms with Crippen LogP contribution in [-0.4, -0.2) is 55.5 Å². The van der Waals surface area contributed by atoms with Crippen LogP contribution in [0.15, 0.2) is 30.3 Å². The smallest absolute Gasteiger partial charge is 0.185 e. The van der Waals surface area contributed by atoms with E-state index in [0.29, 0.717) is 12.6 Å². The number of hydrogen-bond acceptors (Lipinski definition) is 6. The molecular weight excluding hydrogens is 334 g/mol. The van der Waals surface area contributed by atoms with Gasteiger partial charge in [-0.05, 0) is 12.8 Å². The quantitative estimate of drug-likeness (QED) is 0.854. The van der Waals surface area contributed by atoms with Crippen molar-refractivity contribution in [2.45, 2.75) is 75.1 Å².